The number of nitrogen functional groups attached to an aromatic ring is 1. The second kappa shape index (κ2) is 6.65. The number of rotatable bonds is 5. The van der Waals surface area contributed by atoms with Crippen LogP contribution in [0.3, 0.4) is 0 Å². The summed E-state index contributed by atoms with van der Waals surface area (Å²) in [6, 6.07) is 5.22. The van der Waals surface area contributed by atoms with Crippen LogP contribution >= 0.6 is 22.7 Å². The lowest BCUT2D eigenvalue weighted by Gasteiger charge is -2.16. The van der Waals surface area contributed by atoms with Gasteiger partial charge in [0.2, 0.25) is 6.79 Å². The highest BCUT2D eigenvalue weighted by atomic mass is 32.1. The zero-order valence-electron chi connectivity index (χ0n) is 14.4. The number of thiophene rings is 1. The molecule has 1 aromatic carbocycles. The van der Waals surface area contributed by atoms with Crippen molar-refractivity contribution < 1.29 is 14.3 Å². The number of nitrogens with two attached hydrogens (primary N) is 1. The van der Waals surface area contributed by atoms with Gasteiger partial charge in [0.15, 0.2) is 16.6 Å². The van der Waals surface area contributed by atoms with Crippen molar-refractivity contribution in [2.75, 3.05) is 35.8 Å². The SMILES string of the molecule is CCN(CC)c1nc2sc(C(=O)Nc3cc4c(cc3N)OCO4)cc2s1. The zero-order valence-corrected chi connectivity index (χ0v) is 16.0. The summed E-state index contributed by atoms with van der Waals surface area (Å²) in [7, 11) is 0. The Morgan fingerprint density at radius 3 is 2.65 bits per heavy atom. The summed E-state index contributed by atoms with van der Waals surface area (Å²) < 4.78 is 11.6. The van der Waals surface area contributed by atoms with Crippen molar-refractivity contribution in [1.82, 2.24) is 4.98 Å². The Morgan fingerprint density at radius 1 is 1.23 bits per heavy atom. The molecular weight excluding hydrogens is 372 g/mol. The van der Waals surface area contributed by atoms with E-state index in [9.17, 15) is 4.79 Å². The topological polar surface area (TPSA) is 89.7 Å². The van der Waals surface area contributed by atoms with E-state index in [4.69, 9.17) is 15.2 Å². The zero-order chi connectivity index (χ0) is 18.3. The first-order valence-electron chi connectivity index (χ1n) is 8.24. The molecule has 3 heterocycles. The Morgan fingerprint density at radius 2 is 1.96 bits per heavy atom. The Kier molecular flexibility index (Phi) is 4.33. The lowest BCUT2D eigenvalue weighted by Crippen LogP contribution is -2.21. The van der Waals surface area contributed by atoms with Crippen molar-refractivity contribution in [3.05, 3.63) is 23.1 Å². The van der Waals surface area contributed by atoms with E-state index >= 15 is 0 Å². The summed E-state index contributed by atoms with van der Waals surface area (Å²) in [6.07, 6.45) is 0. The number of carbonyl (C=O) groups excluding carboxylic acids is 1. The molecule has 3 aromatic rings. The van der Waals surface area contributed by atoms with Gasteiger partial charge in [-0.2, -0.15) is 0 Å². The van der Waals surface area contributed by atoms with Crippen LogP contribution in [0.4, 0.5) is 16.5 Å². The molecule has 0 unspecified atom stereocenters. The third kappa shape index (κ3) is 2.93. The van der Waals surface area contributed by atoms with Gasteiger partial charge in [-0.25, -0.2) is 4.98 Å². The van der Waals surface area contributed by atoms with Crippen LogP contribution in [0.25, 0.3) is 9.53 Å². The predicted octanol–water partition coefficient (Wildman–Crippen LogP) is 3.77. The molecule has 0 radical (unpaired) electrons. The minimum Gasteiger partial charge on any atom is -0.454 e. The van der Waals surface area contributed by atoms with E-state index in [0.29, 0.717) is 27.8 Å². The molecule has 0 bridgehead atoms. The van der Waals surface area contributed by atoms with Crippen LogP contribution in [-0.4, -0.2) is 30.8 Å². The molecule has 0 saturated carbocycles. The minimum absolute atomic E-state index is 0.161. The number of hydrogen-bond acceptors (Lipinski definition) is 8. The summed E-state index contributed by atoms with van der Waals surface area (Å²) in [5, 5.41) is 3.83. The summed E-state index contributed by atoms with van der Waals surface area (Å²) in [6.45, 7) is 6.19. The molecule has 1 aliphatic heterocycles. The van der Waals surface area contributed by atoms with E-state index in [-0.39, 0.29) is 12.7 Å². The van der Waals surface area contributed by atoms with Gasteiger partial charge in [-0.3, -0.25) is 4.79 Å². The third-order valence-corrected chi connectivity index (χ3v) is 6.35. The van der Waals surface area contributed by atoms with Crippen LogP contribution in [-0.2, 0) is 0 Å². The number of anilines is 3. The molecule has 1 aliphatic rings. The average molecular weight is 390 g/mol. The average Bonchev–Trinajstić information content (AvgIpc) is 3.30. The number of aromatic nitrogens is 1. The Bertz CT molecular complexity index is 946. The number of ether oxygens (including phenoxy) is 2. The smallest absolute Gasteiger partial charge is 0.265 e. The molecule has 0 saturated heterocycles. The maximum atomic E-state index is 12.6. The third-order valence-electron chi connectivity index (χ3n) is 4.13. The molecule has 2 aromatic heterocycles. The van der Waals surface area contributed by atoms with E-state index in [2.05, 4.69) is 29.0 Å². The fourth-order valence-electron chi connectivity index (χ4n) is 2.71. The number of carbonyl (C=O) groups is 1. The molecule has 26 heavy (non-hydrogen) atoms. The Hall–Kier alpha value is -2.52. The number of benzene rings is 1. The number of nitrogens with zero attached hydrogens (tertiary/aromatic N) is 2. The molecule has 0 aliphatic carbocycles. The highest BCUT2D eigenvalue weighted by molar-refractivity contribution is 7.29. The second-order valence-corrected chi connectivity index (χ2v) is 7.74. The molecule has 136 valence electrons. The van der Waals surface area contributed by atoms with Crippen molar-refractivity contribution >= 4 is 54.6 Å². The van der Waals surface area contributed by atoms with Gasteiger partial charge >= 0.3 is 0 Å². The van der Waals surface area contributed by atoms with Gasteiger partial charge < -0.3 is 25.4 Å². The molecule has 0 fully saturated rings. The maximum Gasteiger partial charge on any atom is 0.265 e. The van der Waals surface area contributed by atoms with Gasteiger partial charge in [0.25, 0.3) is 5.91 Å². The van der Waals surface area contributed by atoms with Crippen molar-refractivity contribution in [1.29, 1.82) is 0 Å². The predicted molar refractivity (Wildman–Crippen MR) is 106 cm³/mol. The number of amides is 1. The summed E-state index contributed by atoms with van der Waals surface area (Å²) in [5.74, 6) is 0.951. The van der Waals surface area contributed by atoms with Crippen LogP contribution in [0.5, 0.6) is 11.5 Å². The fraction of sp³-hybridized carbons (Fsp3) is 0.294. The first kappa shape index (κ1) is 16.9. The molecular formula is C17H18N4O3S2. The molecule has 0 atom stereocenters. The van der Waals surface area contributed by atoms with Crippen molar-refractivity contribution in [3.63, 3.8) is 0 Å². The number of nitrogens with one attached hydrogen (secondary N) is 1. The van der Waals surface area contributed by atoms with E-state index in [1.54, 1.807) is 23.5 Å². The normalized spacial score (nSPS) is 12.5. The van der Waals surface area contributed by atoms with Gasteiger partial charge in [0.05, 0.1) is 21.0 Å². The number of fused-ring (bicyclic) bond motifs is 2. The largest absolute Gasteiger partial charge is 0.454 e. The first-order valence-corrected chi connectivity index (χ1v) is 9.88. The monoisotopic (exact) mass is 390 g/mol. The number of hydrogen-bond donors (Lipinski definition) is 2. The molecule has 0 spiro atoms. The van der Waals surface area contributed by atoms with Gasteiger partial charge in [0.1, 0.15) is 4.83 Å². The van der Waals surface area contributed by atoms with Gasteiger partial charge in [-0.05, 0) is 19.9 Å². The van der Waals surface area contributed by atoms with Crippen LogP contribution in [0.2, 0.25) is 0 Å². The van der Waals surface area contributed by atoms with Crippen LogP contribution in [0.1, 0.15) is 23.5 Å². The Labute approximate surface area is 158 Å². The lowest BCUT2D eigenvalue weighted by atomic mass is 10.2. The van der Waals surface area contributed by atoms with Crippen molar-refractivity contribution in [2.45, 2.75) is 13.8 Å². The minimum atomic E-state index is -0.213. The first-order chi connectivity index (χ1) is 12.6. The van der Waals surface area contributed by atoms with Crippen LogP contribution < -0.4 is 25.4 Å². The highest BCUT2D eigenvalue weighted by Crippen LogP contribution is 2.39. The second-order valence-electron chi connectivity index (χ2n) is 5.70. The van der Waals surface area contributed by atoms with Gasteiger partial charge in [-0.15, -0.1) is 11.3 Å². The van der Waals surface area contributed by atoms with E-state index < -0.39 is 0 Å². The Balaban J connectivity index is 1.56. The van der Waals surface area contributed by atoms with E-state index in [1.807, 2.05) is 6.07 Å². The standard InChI is InChI=1S/C17H18N4O3S2/c1-3-21(4-2)17-20-16-14(26-17)7-13(25-16)15(22)19-10-6-12-11(5-9(10)18)23-8-24-12/h5-7H,3-4,8,18H2,1-2H3,(H,19,22). The quantitative estimate of drug-likeness (QED) is 0.645. The van der Waals surface area contributed by atoms with Gasteiger partial charge in [-0.1, -0.05) is 11.3 Å². The molecule has 1 amide bonds. The van der Waals surface area contributed by atoms with E-state index in [0.717, 1.165) is 27.8 Å². The van der Waals surface area contributed by atoms with Crippen LogP contribution in [0.15, 0.2) is 18.2 Å². The van der Waals surface area contributed by atoms with Gasteiger partial charge in [0, 0.05) is 25.2 Å². The molecule has 7 nitrogen and oxygen atoms in total. The molecule has 3 N–H and O–H groups in total. The highest BCUT2D eigenvalue weighted by Gasteiger charge is 2.20. The summed E-state index contributed by atoms with van der Waals surface area (Å²) >= 11 is 2.98. The molecule has 4 rings (SSSR count). The van der Waals surface area contributed by atoms with Crippen LogP contribution in [0, 0.1) is 0 Å². The fourth-order valence-corrected chi connectivity index (χ4v) is 4.95. The lowest BCUT2D eigenvalue weighted by molar-refractivity contribution is 0.103. The van der Waals surface area contributed by atoms with E-state index in [1.165, 1.54) is 11.3 Å². The number of thiazole rings is 1. The summed E-state index contributed by atoms with van der Waals surface area (Å²) in [4.78, 5) is 20.9. The molecule has 9 heteroatoms. The maximum absolute atomic E-state index is 12.6. The van der Waals surface area contributed by atoms with Crippen molar-refractivity contribution in [2.24, 2.45) is 0 Å². The van der Waals surface area contributed by atoms with Crippen molar-refractivity contribution in [3.8, 4) is 11.5 Å². The summed E-state index contributed by atoms with van der Waals surface area (Å²) in [5.41, 5.74) is 6.94.